The highest BCUT2D eigenvalue weighted by molar-refractivity contribution is 5.92. The minimum absolute atomic E-state index is 0.194. The van der Waals surface area contributed by atoms with Gasteiger partial charge in [0.2, 0.25) is 0 Å². The Hall–Kier alpha value is -1.51. The fourth-order valence-corrected chi connectivity index (χ4v) is 1.09. The van der Waals surface area contributed by atoms with E-state index in [2.05, 4.69) is 0 Å². The third-order valence-corrected chi connectivity index (χ3v) is 1.75. The van der Waals surface area contributed by atoms with E-state index < -0.39 is 5.91 Å². The number of rotatable bonds is 1. The Balaban J connectivity index is 3.31. The van der Waals surface area contributed by atoms with E-state index in [4.69, 9.17) is 5.73 Å². The first-order chi connectivity index (χ1) is 5.52. The molecule has 0 heterocycles. The molecule has 1 radical (unpaired) electrons. The number of hydrogen-bond acceptors (Lipinski definition) is 2. The molecule has 0 atom stereocenters. The number of carbonyl (C=O) groups is 1. The second kappa shape index (κ2) is 2.85. The van der Waals surface area contributed by atoms with Crippen molar-refractivity contribution in [1.82, 2.24) is 5.73 Å². The van der Waals surface area contributed by atoms with Gasteiger partial charge in [0.25, 0.3) is 5.91 Å². The molecule has 0 aliphatic rings. The van der Waals surface area contributed by atoms with Crippen molar-refractivity contribution < 1.29 is 9.90 Å². The van der Waals surface area contributed by atoms with Crippen molar-refractivity contribution in [2.75, 3.05) is 0 Å². The van der Waals surface area contributed by atoms with E-state index in [1.807, 2.05) is 0 Å². The van der Waals surface area contributed by atoms with Gasteiger partial charge in [0.05, 0.1) is 0 Å². The van der Waals surface area contributed by atoms with Crippen molar-refractivity contribution in [2.24, 2.45) is 0 Å². The highest BCUT2D eigenvalue weighted by atomic mass is 16.3. The van der Waals surface area contributed by atoms with Gasteiger partial charge < -0.3 is 5.11 Å². The molecule has 0 bridgehead atoms. The van der Waals surface area contributed by atoms with E-state index in [9.17, 15) is 9.90 Å². The number of carbonyl (C=O) groups excluding carboxylic acids is 1. The van der Waals surface area contributed by atoms with Crippen LogP contribution in [0.1, 0.15) is 21.5 Å². The molecular formula is C9H10NO2. The van der Waals surface area contributed by atoms with Crippen LogP contribution >= 0.6 is 0 Å². The molecule has 0 aliphatic carbocycles. The Morgan fingerprint density at radius 1 is 1.33 bits per heavy atom. The monoisotopic (exact) mass is 164 g/mol. The first-order valence-electron chi connectivity index (χ1n) is 3.58. The number of hydrogen-bond donors (Lipinski definition) is 1. The van der Waals surface area contributed by atoms with Crippen molar-refractivity contribution in [3.8, 4) is 5.75 Å². The van der Waals surface area contributed by atoms with Gasteiger partial charge in [0.1, 0.15) is 5.75 Å². The number of phenols is 1. The third kappa shape index (κ3) is 1.39. The third-order valence-electron chi connectivity index (χ3n) is 1.75. The smallest absolute Gasteiger partial charge is 0.269 e. The van der Waals surface area contributed by atoms with Crippen LogP contribution in [-0.2, 0) is 0 Å². The van der Waals surface area contributed by atoms with Crippen LogP contribution in [0, 0.1) is 13.8 Å². The van der Waals surface area contributed by atoms with Crippen LogP contribution in [0.4, 0.5) is 0 Å². The van der Waals surface area contributed by atoms with Gasteiger partial charge in [-0.15, -0.1) is 0 Å². The number of aromatic hydroxyl groups is 1. The molecular weight excluding hydrogens is 154 g/mol. The summed E-state index contributed by atoms with van der Waals surface area (Å²) in [5.41, 5.74) is 8.44. The molecule has 0 saturated carbocycles. The zero-order chi connectivity index (χ0) is 9.30. The van der Waals surface area contributed by atoms with E-state index in [1.54, 1.807) is 13.8 Å². The van der Waals surface area contributed by atoms with Gasteiger partial charge in [0, 0.05) is 5.56 Å². The fourth-order valence-electron chi connectivity index (χ4n) is 1.09. The maximum absolute atomic E-state index is 10.6. The number of aryl methyl sites for hydroxylation is 2. The van der Waals surface area contributed by atoms with E-state index >= 15 is 0 Å². The van der Waals surface area contributed by atoms with E-state index in [0.29, 0.717) is 16.7 Å². The van der Waals surface area contributed by atoms with Crippen LogP contribution in [0.25, 0.3) is 0 Å². The van der Waals surface area contributed by atoms with Crippen LogP contribution in [0.3, 0.4) is 0 Å². The summed E-state index contributed by atoms with van der Waals surface area (Å²) in [6.07, 6.45) is 0. The molecule has 0 aromatic heterocycles. The Morgan fingerprint density at radius 3 is 2.08 bits per heavy atom. The summed E-state index contributed by atoms with van der Waals surface area (Å²) in [5.74, 6) is -0.527. The Labute approximate surface area is 70.8 Å². The molecule has 3 nitrogen and oxygen atoms in total. The van der Waals surface area contributed by atoms with Crippen molar-refractivity contribution >= 4 is 5.91 Å². The van der Waals surface area contributed by atoms with Crippen LogP contribution in [0.2, 0.25) is 0 Å². The normalized spacial score (nSPS) is 9.83. The second-order valence-corrected chi connectivity index (χ2v) is 2.79. The molecule has 1 amide bonds. The number of benzene rings is 1. The summed E-state index contributed by atoms with van der Waals surface area (Å²) < 4.78 is 0. The highest BCUT2D eigenvalue weighted by Gasteiger charge is 2.06. The zero-order valence-corrected chi connectivity index (χ0v) is 7.01. The lowest BCUT2D eigenvalue weighted by molar-refractivity contribution is 0.0992. The number of phenolic OH excluding ortho intramolecular Hbond substituents is 1. The van der Waals surface area contributed by atoms with Crippen molar-refractivity contribution in [2.45, 2.75) is 13.8 Å². The summed E-state index contributed by atoms with van der Waals surface area (Å²) >= 11 is 0. The molecule has 63 valence electrons. The Bertz CT molecular complexity index is 308. The average Bonchev–Trinajstić information content (AvgIpc) is 1.99. The zero-order valence-electron chi connectivity index (χ0n) is 7.01. The van der Waals surface area contributed by atoms with Crippen LogP contribution < -0.4 is 5.73 Å². The summed E-state index contributed by atoms with van der Waals surface area (Å²) in [6, 6.07) is 3.02. The molecule has 1 aromatic rings. The largest absolute Gasteiger partial charge is 0.507 e. The highest BCUT2D eigenvalue weighted by Crippen LogP contribution is 2.22. The quantitative estimate of drug-likeness (QED) is 0.682. The predicted molar refractivity (Wildman–Crippen MR) is 45.0 cm³/mol. The maximum atomic E-state index is 10.6. The first-order valence-corrected chi connectivity index (χ1v) is 3.58. The van der Waals surface area contributed by atoms with Gasteiger partial charge in [-0.25, -0.2) is 0 Å². The Kier molecular flexibility index (Phi) is 2.04. The maximum Gasteiger partial charge on any atom is 0.269 e. The van der Waals surface area contributed by atoms with Crippen molar-refractivity contribution in [3.05, 3.63) is 28.8 Å². The second-order valence-electron chi connectivity index (χ2n) is 2.79. The van der Waals surface area contributed by atoms with Crippen molar-refractivity contribution in [3.63, 3.8) is 0 Å². The molecule has 3 heteroatoms. The molecule has 0 saturated heterocycles. The standard InChI is InChI=1S/C9H10NO2/c1-5-3-7(9(10)12)4-6(2)8(5)11/h3-4,10-11H,1-2H3. The van der Waals surface area contributed by atoms with Crippen LogP contribution in [0.15, 0.2) is 12.1 Å². The van der Waals surface area contributed by atoms with Gasteiger partial charge in [0.15, 0.2) is 0 Å². The SMILES string of the molecule is Cc1cc(C([NH])=O)cc(C)c1O. The summed E-state index contributed by atoms with van der Waals surface area (Å²) in [5, 5.41) is 9.34. The van der Waals surface area contributed by atoms with Gasteiger partial charge in [-0.3, -0.25) is 10.5 Å². The van der Waals surface area contributed by atoms with Crippen LogP contribution in [0.5, 0.6) is 5.75 Å². The van der Waals surface area contributed by atoms with Crippen molar-refractivity contribution in [1.29, 1.82) is 0 Å². The first kappa shape index (κ1) is 8.59. The molecule has 0 unspecified atom stereocenters. The van der Waals surface area contributed by atoms with E-state index in [-0.39, 0.29) is 5.75 Å². The van der Waals surface area contributed by atoms with Gasteiger partial charge >= 0.3 is 0 Å². The average molecular weight is 164 g/mol. The molecule has 0 spiro atoms. The molecule has 0 aliphatic heterocycles. The minimum atomic E-state index is -0.721. The summed E-state index contributed by atoms with van der Waals surface area (Å²) in [7, 11) is 0. The minimum Gasteiger partial charge on any atom is -0.507 e. The lowest BCUT2D eigenvalue weighted by Gasteiger charge is -2.04. The van der Waals surface area contributed by atoms with Crippen LogP contribution in [-0.4, -0.2) is 11.0 Å². The molecule has 1 rings (SSSR count). The summed E-state index contributed by atoms with van der Waals surface area (Å²) in [4.78, 5) is 10.6. The van der Waals surface area contributed by atoms with Gasteiger partial charge in [-0.1, -0.05) is 0 Å². The topological polar surface area (TPSA) is 61.1 Å². The Morgan fingerprint density at radius 2 is 1.75 bits per heavy atom. The number of nitrogens with one attached hydrogen (secondary N) is 1. The van der Waals surface area contributed by atoms with E-state index in [1.165, 1.54) is 12.1 Å². The molecule has 0 fully saturated rings. The molecule has 1 aromatic carbocycles. The van der Waals surface area contributed by atoms with Gasteiger partial charge in [-0.2, -0.15) is 0 Å². The lowest BCUT2D eigenvalue weighted by Crippen LogP contribution is -1.99. The predicted octanol–water partition coefficient (Wildman–Crippen LogP) is 1.43. The molecule has 2 N–H and O–H groups in total. The number of amides is 1. The lowest BCUT2D eigenvalue weighted by atomic mass is 10.1. The molecule has 12 heavy (non-hydrogen) atoms. The van der Waals surface area contributed by atoms with E-state index in [0.717, 1.165) is 0 Å². The fraction of sp³-hybridized carbons (Fsp3) is 0.222. The summed E-state index contributed by atoms with van der Waals surface area (Å²) in [6.45, 7) is 3.41. The van der Waals surface area contributed by atoms with Gasteiger partial charge in [-0.05, 0) is 37.1 Å².